The second-order valence-corrected chi connectivity index (χ2v) is 3.82. The van der Waals surface area contributed by atoms with Crippen LogP contribution in [0.15, 0.2) is 0 Å². The maximum Gasteiger partial charge on any atom is 0.197 e. The summed E-state index contributed by atoms with van der Waals surface area (Å²) in [6.07, 6.45) is 3.25. The van der Waals surface area contributed by atoms with E-state index in [1.807, 2.05) is 0 Å². The smallest absolute Gasteiger partial charge is 0.197 e. The van der Waals surface area contributed by atoms with Crippen LogP contribution in [-0.4, -0.2) is 9.97 Å². The van der Waals surface area contributed by atoms with Crippen molar-refractivity contribution in [2.45, 2.75) is 25.2 Å². The number of hydrogen-bond donors (Lipinski definition) is 0. The quantitative estimate of drug-likeness (QED) is 0.680. The summed E-state index contributed by atoms with van der Waals surface area (Å²) in [6, 6.07) is 0. The average Bonchev–Trinajstić information content (AvgIpc) is 1.96. The highest BCUT2D eigenvalue weighted by Gasteiger charge is 2.24. The Morgan fingerprint density at radius 1 is 1.15 bits per heavy atom. The summed E-state index contributed by atoms with van der Waals surface area (Å²) in [5.41, 5.74) is 0. The van der Waals surface area contributed by atoms with Crippen molar-refractivity contribution in [3.63, 3.8) is 0 Å². The van der Waals surface area contributed by atoms with E-state index in [0.717, 1.165) is 12.8 Å². The van der Waals surface area contributed by atoms with Gasteiger partial charge in [0.2, 0.25) is 0 Å². The van der Waals surface area contributed by atoms with Gasteiger partial charge in [-0.2, -0.15) is 0 Å². The molecule has 5 heteroatoms. The van der Waals surface area contributed by atoms with Gasteiger partial charge in [-0.15, -0.1) is 0 Å². The number of halogens is 3. The molecule has 0 unspecified atom stereocenters. The molecule has 1 saturated carbocycles. The molecule has 0 N–H and O–H groups in total. The zero-order valence-corrected chi connectivity index (χ0v) is 8.24. The van der Waals surface area contributed by atoms with E-state index in [4.69, 9.17) is 23.2 Å². The van der Waals surface area contributed by atoms with Crippen LogP contribution < -0.4 is 0 Å². The van der Waals surface area contributed by atoms with E-state index in [1.165, 1.54) is 6.42 Å². The van der Waals surface area contributed by atoms with Crippen molar-refractivity contribution in [3.05, 3.63) is 21.9 Å². The Hall–Kier alpha value is -0.410. The molecule has 1 fully saturated rings. The molecule has 1 aliphatic rings. The normalized spacial score (nSPS) is 17.2. The van der Waals surface area contributed by atoms with Gasteiger partial charge in [0, 0.05) is 5.92 Å². The summed E-state index contributed by atoms with van der Waals surface area (Å²) in [7, 11) is 0. The number of nitrogens with zero attached hydrogens (tertiary/aromatic N) is 2. The number of hydrogen-bond acceptors (Lipinski definition) is 2. The Morgan fingerprint density at radius 3 is 2.08 bits per heavy atom. The molecule has 0 saturated heterocycles. The van der Waals surface area contributed by atoms with E-state index in [0.29, 0.717) is 11.7 Å². The van der Waals surface area contributed by atoms with E-state index in [9.17, 15) is 4.39 Å². The molecule has 1 heterocycles. The SMILES string of the molecule is Fc1c(Cl)nc(C2CCC2)nc1Cl. The minimum Gasteiger partial charge on any atom is -0.218 e. The Balaban J connectivity index is 2.37. The summed E-state index contributed by atoms with van der Waals surface area (Å²) in [5.74, 6) is 0.157. The minimum atomic E-state index is -0.730. The predicted molar refractivity (Wildman–Crippen MR) is 48.6 cm³/mol. The minimum absolute atomic E-state index is 0.179. The standard InChI is InChI=1S/C8H7Cl2FN2/c9-6-5(11)7(10)13-8(12-6)4-2-1-3-4/h4H,1-3H2. The van der Waals surface area contributed by atoms with Crippen molar-refractivity contribution in [1.29, 1.82) is 0 Å². The van der Waals surface area contributed by atoms with Crippen molar-refractivity contribution in [3.8, 4) is 0 Å². The van der Waals surface area contributed by atoms with E-state index < -0.39 is 5.82 Å². The first-order valence-corrected chi connectivity index (χ1v) is 4.82. The summed E-state index contributed by atoms with van der Waals surface area (Å²) in [6.45, 7) is 0. The topological polar surface area (TPSA) is 25.8 Å². The lowest BCUT2D eigenvalue weighted by Gasteiger charge is -2.23. The van der Waals surface area contributed by atoms with Crippen molar-refractivity contribution < 1.29 is 4.39 Å². The molecule has 0 bridgehead atoms. The first-order valence-electron chi connectivity index (χ1n) is 4.07. The van der Waals surface area contributed by atoms with Gasteiger partial charge in [0.15, 0.2) is 16.1 Å². The lowest BCUT2D eigenvalue weighted by molar-refractivity contribution is 0.399. The van der Waals surface area contributed by atoms with Crippen LogP contribution in [0.1, 0.15) is 31.0 Å². The first-order chi connectivity index (χ1) is 6.18. The largest absolute Gasteiger partial charge is 0.218 e. The zero-order valence-electron chi connectivity index (χ0n) is 6.73. The molecule has 13 heavy (non-hydrogen) atoms. The first kappa shape index (κ1) is 9.16. The fraction of sp³-hybridized carbons (Fsp3) is 0.500. The van der Waals surface area contributed by atoms with Crippen molar-refractivity contribution in [2.24, 2.45) is 0 Å². The second-order valence-electron chi connectivity index (χ2n) is 3.11. The van der Waals surface area contributed by atoms with Crippen molar-refractivity contribution in [2.75, 3.05) is 0 Å². The third kappa shape index (κ3) is 1.63. The molecule has 0 aliphatic heterocycles. The Labute approximate surface area is 85.1 Å². The van der Waals surface area contributed by atoms with Crippen LogP contribution in [0.4, 0.5) is 4.39 Å². The van der Waals surface area contributed by atoms with Crippen LogP contribution in [0.2, 0.25) is 10.3 Å². The molecule has 0 amide bonds. The third-order valence-electron chi connectivity index (χ3n) is 2.26. The zero-order chi connectivity index (χ0) is 9.42. The van der Waals surface area contributed by atoms with Gasteiger partial charge in [-0.05, 0) is 12.8 Å². The van der Waals surface area contributed by atoms with E-state index in [1.54, 1.807) is 0 Å². The molecule has 1 aliphatic carbocycles. The summed E-state index contributed by atoms with van der Waals surface area (Å²) in [5, 5.41) is -0.358. The Morgan fingerprint density at radius 2 is 1.69 bits per heavy atom. The summed E-state index contributed by atoms with van der Waals surface area (Å²) < 4.78 is 12.9. The number of aromatic nitrogens is 2. The summed E-state index contributed by atoms with van der Waals surface area (Å²) >= 11 is 11.1. The van der Waals surface area contributed by atoms with Gasteiger partial charge in [0.05, 0.1) is 0 Å². The Kier molecular flexibility index (Phi) is 2.39. The van der Waals surface area contributed by atoms with Crippen LogP contribution in [0.3, 0.4) is 0 Å². The lowest BCUT2D eigenvalue weighted by Crippen LogP contribution is -2.13. The van der Waals surface area contributed by atoms with E-state index in [2.05, 4.69) is 9.97 Å². The highest BCUT2D eigenvalue weighted by Crippen LogP contribution is 2.35. The molecule has 2 nitrogen and oxygen atoms in total. The predicted octanol–water partition coefficient (Wildman–Crippen LogP) is 3.19. The molecular formula is C8H7Cl2FN2. The van der Waals surface area contributed by atoms with Crippen molar-refractivity contribution in [1.82, 2.24) is 9.97 Å². The molecule has 0 atom stereocenters. The van der Waals surface area contributed by atoms with Crippen LogP contribution >= 0.6 is 23.2 Å². The van der Waals surface area contributed by atoms with Crippen LogP contribution in [0.5, 0.6) is 0 Å². The van der Waals surface area contributed by atoms with Crippen molar-refractivity contribution >= 4 is 23.2 Å². The fourth-order valence-corrected chi connectivity index (χ4v) is 1.66. The maximum absolute atomic E-state index is 12.9. The van der Waals surface area contributed by atoms with E-state index in [-0.39, 0.29) is 10.3 Å². The molecule has 0 radical (unpaired) electrons. The highest BCUT2D eigenvalue weighted by atomic mass is 35.5. The van der Waals surface area contributed by atoms with Gasteiger partial charge in [0.25, 0.3) is 0 Å². The van der Waals surface area contributed by atoms with Crippen LogP contribution in [-0.2, 0) is 0 Å². The van der Waals surface area contributed by atoms with E-state index >= 15 is 0 Å². The molecule has 1 aromatic heterocycles. The molecule has 70 valence electrons. The second kappa shape index (κ2) is 3.39. The van der Waals surface area contributed by atoms with Crippen LogP contribution in [0, 0.1) is 5.82 Å². The molecular weight excluding hydrogens is 214 g/mol. The fourth-order valence-electron chi connectivity index (χ4n) is 1.26. The van der Waals surface area contributed by atoms with Gasteiger partial charge in [-0.3, -0.25) is 0 Å². The van der Waals surface area contributed by atoms with Crippen LogP contribution in [0.25, 0.3) is 0 Å². The Bertz CT molecular complexity index is 316. The lowest BCUT2D eigenvalue weighted by atomic mass is 9.85. The molecule has 0 aromatic carbocycles. The summed E-state index contributed by atoms with van der Waals surface area (Å²) in [4.78, 5) is 7.70. The molecule has 0 spiro atoms. The molecule has 1 aromatic rings. The van der Waals surface area contributed by atoms with Gasteiger partial charge < -0.3 is 0 Å². The van der Waals surface area contributed by atoms with Gasteiger partial charge >= 0.3 is 0 Å². The van der Waals surface area contributed by atoms with Gasteiger partial charge in [-0.25, -0.2) is 14.4 Å². The number of rotatable bonds is 1. The van der Waals surface area contributed by atoms with Gasteiger partial charge in [0.1, 0.15) is 5.82 Å². The third-order valence-corrected chi connectivity index (χ3v) is 2.76. The average molecular weight is 221 g/mol. The monoisotopic (exact) mass is 220 g/mol. The molecule has 2 rings (SSSR count). The van der Waals surface area contributed by atoms with Gasteiger partial charge in [-0.1, -0.05) is 29.6 Å². The maximum atomic E-state index is 12.9. The highest BCUT2D eigenvalue weighted by molar-refractivity contribution is 6.33.